The van der Waals surface area contributed by atoms with Crippen molar-refractivity contribution < 1.29 is 24.1 Å². The van der Waals surface area contributed by atoms with Crippen LogP contribution in [0.4, 0.5) is 0 Å². The van der Waals surface area contributed by atoms with E-state index in [1.165, 1.54) is 19.8 Å². The lowest BCUT2D eigenvalue weighted by Crippen LogP contribution is -2.41. The lowest BCUT2D eigenvalue weighted by molar-refractivity contribution is 0.318. The summed E-state index contributed by atoms with van der Waals surface area (Å²) in [6.07, 6.45) is 4.54. The number of ether oxygens (including phenoxy) is 4. The maximum Gasteiger partial charge on any atom is 0.332 e. The van der Waals surface area contributed by atoms with Gasteiger partial charge in [-0.05, 0) is 127 Å². The van der Waals surface area contributed by atoms with Crippen molar-refractivity contribution in [3.63, 3.8) is 0 Å². The summed E-state index contributed by atoms with van der Waals surface area (Å²) in [6.45, 7) is 2.85. The molecule has 0 atom stereocenters. The Morgan fingerprint density at radius 2 is 0.861 bits per heavy atom. The minimum atomic E-state index is -0.440. The number of rotatable bonds is 15. The summed E-state index contributed by atoms with van der Waals surface area (Å²) in [6, 6.07) is 43.6. The molecular weight excluding hydrogens is 913 g/mol. The minimum Gasteiger partial charge on any atom is -0.497 e. The monoisotopic (exact) mass is 972 g/mol. The van der Waals surface area contributed by atoms with Gasteiger partial charge in [-0.2, -0.15) is 0 Å². The van der Waals surface area contributed by atoms with Gasteiger partial charge in [0.25, 0.3) is 11.1 Å². The average molecular weight is 973 g/mol. The van der Waals surface area contributed by atoms with E-state index in [1.54, 1.807) is 82.7 Å². The van der Waals surface area contributed by atoms with Gasteiger partial charge in [-0.15, -0.1) is 0 Å². The first-order valence-electron chi connectivity index (χ1n) is 22.7. The smallest absolute Gasteiger partial charge is 0.332 e. The molecule has 0 amide bonds. The maximum atomic E-state index is 13.5. The van der Waals surface area contributed by atoms with Crippen molar-refractivity contribution in [2.24, 2.45) is 0 Å². The van der Waals surface area contributed by atoms with Gasteiger partial charge in [0, 0.05) is 42.5 Å². The van der Waals surface area contributed by atoms with E-state index in [9.17, 15) is 19.2 Å². The quantitative estimate of drug-likeness (QED) is 0.107. The van der Waals surface area contributed by atoms with Crippen molar-refractivity contribution >= 4 is 0 Å². The van der Waals surface area contributed by atoms with E-state index in [2.05, 4.69) is 21.8 Å². The van der Waals surface area contributed by atoms with Crippen molar-refractivity contribution in [2.75, 3.05) is 35.0 Å². The molecule has 4 aromatic carbocycles. The number of aliphatic hydroxyl groups is 1. The number of hydrogen-bond acceptors (Lipinski definition) is 11. The van der Waals surface area contributed by atoms with Crippen LogP contribution in [-0.4, -0.2) is 68.4 Å². The van der Waals surface area contributed by atoms with Crippen LogP contribution in [0, 0.1) is 11.8 Å². The summed E-state index contributed by atoms with van der Waals surface area (Å²) >= 11 is 0. The van der Waals surface area contributed by atoms with E-state index >= 15 is 0 Å². The molecule has 0 aliphatic heterocycles. The Kier molecular flexibility index (Phi) is 20.7. The second-order valence-corrected chi connectivity index (χ2v) is 15.7. The molecule has 8 rings (SSSR count). The van der Waals surface area contributed by atoms with Crippen LogP contribution in [0.1, 0.15) is 59.4 Å². The van der Waals surface area contributed by atoms with Gasteiger partial charge in [-0.3, -0.25) is 32.8 Å². The normalized spacial score (nSPS) is 10.2. The van der Waals surface area contributed by atoms with Crippen LogP contribution >= 0.6 is 0 Å². The summed E-state index contributed by atoms with van der Waals surface area (Å²) in [5.41, 5.74) is 4.42. The summed E-state index contributed by atoms with van der Waals surface area (Å²) in [4.78, 5) is 61.5. The fourth-order valence-electron chi connectivity index (χ4n) is 7.22. The molecule has 0 spiro atoms. The Bertz CT molecular complexity index is 3250. The van der Waals surface area contributed by atoms with Crippen LogP contribution < -0.4 is 41.4 Å². The molecule has 0 radical (unpaired) electrons. The first kappa shape index (κ1) is 54.2. The highest BCUT2D eigenvalue weighted by atomic mass is 16.5. The van der Waals surface area contributed by atoms with Crippen LogP contribution in [0.2, 0.25) is 0 Å². The van der Waals surface area contributed by atoms with E-state index < -0.39 is 11.2 Å². The van der Waals surface area contributed by atoms with Crippen molar-refractivity contribution in [3.05, 3.63) is 245 Å². The Labute approximate surface area is 418 Å². The molecule has 372 valence electrons. The molecule has 15 heteroatoms. The predicted octanol–water partition coefficient (Wildman–Crippen LogP) is 6.86. The van der Waals surface area contributed by atoms with Crippen LogP contribution in [0.25, 0.3) is 0 Å². The molecule has 0 aliphatic rings. The van der Waals surface area contributed by atoms with Crippen LogP contribution in [0.5, 0.6) is 23.0 Å². The summed E-state index contributed by atoms with van der Waals surface area (Å²) in [5.74, 6) is 8.78. The number of hydrogen-bond donors (Lipinski definition) is 1. The molecule has 0 unspecified atom stereocenters. The van der Waals surface area contributed by atoms with Crippen molar-refractivity contribution in [3.8, 4) is 34.8 Å². The third-order valence-electron chi connectivity index (χ3n) is 11.0. The van der Waals surface area contributed by atoms with Gasteiger partial charge in [-0.1, -0.05) is 68.1 Å². The highest BCUT2D eigenvalue weighted by molar-refractivity contribution is 5.37. The Hall–Kier alpha value is -8.74. The molecule has 72 heavy (non-hydrogen) atoms. The fourth-order valence-corrected chi connectivity index (χ4v) is 7.22. The van der Waals surface area contributed by atoms with E-state index in [0.717, 1.165) is 45.2 Å². The molecule has 4 heterocycles. The Balaban J connectivity index is 0.000000250. The zero-order chi connectivity index (χ0) is 50.5. The SMILES string of the molecule is C.CCO.COc1ccc(Cn2c(C#Cc3ccccn3)cc(=O)n(Cc3ccc(OC)cc3)c2=O)cc1.COc1ccc(Cn2c(CCc3ccccn3)cc(=O)n(Cc3ccc(OC)cc3)c2=O)cc1. The first-order chi connectivity index (χ1) is 34.5. The van der Waals surface area contributed by atoms with Crippen molar-refractivity contribution in [1.82, 2.24) is 28.2 Å². The molecule has 0 saturated heterocycles. The number of aromatic nitrogens is 6. The lowest BCUT2D eigenvalue weighted by atomic mass is 10.1. The van der Waals surface area contributed by atoms with Crippen molar-refractivity contribution in [1.29, 1.82) is 0 Å². The van der Waals surface area contributed by atoms with Gasteiger partial charge < -0.3 is 24.1 Å². The molecule has 1 N–H and O–H groups in total. The van der Waals surface area contributed by atoms with Crippen molar-refractivity contribution in [2.45, 2.75) is 53.4 Å². The molecule has 0 saturated carbocycles. The summed E-state index contributed by atoms with van der Waals surface area (Å²) in [5, 5.41) is 7.57. The molecule has 15 nitrogen and oxygen atoms in total. The van der Waals surface area contributed by atoms with Crippen LogP contribution in [0.15, 0.2) is 177 Å². The highest BCUT2D eigenvalue weighted by Crippen LogP contribution is 2.16. The van der Waals surface area contributed by atoms with Gasteiger partial charge in [0.15, 0.2) is 0 Å². The van der Waals surface area contributed by atoms with Gasteiger partial charge in [-0.25, -0.2) is 14.6 Å². The van der Waals surface area contributed by atoms with E-state index in [0.29, 0.717) is 42.2 Å². The fraction of sp³-hybridized carbons (Fsp3) is 0.228. The third-order valence-corrected chi connectivity index (χ3v) is 11.0. The first-order valence-corrected chi connectivity index (χ1v) is 22.7. The van der Waals surface area contributed by atoms with E-state index in [4.69, 9.17) is 24.1 Å². The topological polar surface area (TPSA) is 171 Å². The number of benzene rings is 4. The van der Waals surface area contributed by atoms with Gasteiger partial charge in [0.1, 0.15) is 34.4 Å². The Morgan fingerprint density at radius 1 is 0.472 bits per heavy atom. The second-order valence-electron chi connectivity index (χ2n) is 15.7. The molecule has 0 aliphatic carbocycles. The van der Waals surface area contributed by atoms with E-state index in [-0.39, 0.29) is 44.9 Å². The number of nitrogens with zero attached hydrogens (tertiary/aromatic N) is 6. The minimum absolute atomic E-state index is 0. The van der Waals surface area contributed by atoms with Crippen LogP contribution in [0.3, 0.4) is 0 Å². The highest BCUT2D eigenvalue weighted by Gasteiger charge is 2.15. The average Bonchev–Trinajstić information content (AvgIpc) is 3.41. The zero-order valence-corrected chi connectivity index (χ0v) is 40.4. The van der Waals surface area contributed by atoms with E-state index in [1.807, 2.05) is 109 Å². The predicted molar refractivity (Wildman–Crippen MR) is 280 cm³/mol. The molecule has 0 bridgehead atoms. The molecular formula is C57H60N6O9. The van der Waals surface area contributed by atoms with Gasteiger partial charge in [0.2, 0.25) is 0 Å². The second kappa shape index (κ2) is 27.4. The Morgan fingerprint density at radius 3 is 1.26 bits per heavy atom. The zero-order valence-electron chi connectivity index (χ0n) is 40.4. The van der Waals surface area contributed by atoms with Crippen LogP contribution in [-0.2, 0) is 39.0 Å². The standard InChI is InChI=1S/C27H27N3O4.C27H23N3O4.C2H6O.CH4/c2*1-33-24-12-6-20(7-13-24)18-29-23(11-10-22-5-3-4-16-28-22)17-26(31)30(27(29)32)19-21-8-14-25(34-2)15-9-21;1-2-3;/h3-9,12-17H,10-11,18-19H2,1-2H3;3-9,12-17H,18-19H2,1-2H3;3H,2H2,1H3;1H4. The lowest BCUT2D eigenvalue weighted by Gasteiger charge is -2.16. The van der Waals surface area contributed by atoms with Gasteiger partial charge >= 0.3 is 11.4 Å². The molecule has 0 fully saturated rings. The number of aliphatic hydroxyl groups excluding tert-OH is 1. The maximum absolute atomic E-state index is 13.5. The largest absolute Gasteiger partial charge is 0.497 e. The number of aryl methyl sites for hydroxylation is 2. The number of pyridine rings is 2. The summed E-state index contributed by atoms with van der Waals surface area (Å²) in [7, 11) is 6.40. The van der Waals surface area contributed by atoms with Gasteiger partial charge in [0.05, 0.1) is 54.6 Å². The molecule has 4 aromatic heterocycles. The third kappa shape index (κ3) is 15.1. The summed E-state index contributed by atoms with van der Waals surface area (Å²) < 4.78 is 26.5. The molecule has 8 aromatic rings. The number of methoxy groups -OCH3 is 4.